The van der Waals surface area contributed by atoms with Crippen LogP contribution >= 0.6 is 11.3 Å². The summed E-state index contributed by atoms with van der Waals surface area (Å²) in [5.74, 6) is 0.938. The highest BCUT2D eigenvalue weighted by atomic mass is 32.1. The molecule has 0 aromatic carbocycles. The number of rotatable bonds is 7. The Kier molecular flexibility index (Phi) is 7.49. The number of halogens is 3. The van der Waals surface area contributed by atoms with E-state index in [9.17, 15) is 13.2 Å². The highest BCUT2D eigenvalue weighted by Gasteiger charge is 2.36. The minimum Gasteiger partial charge on any atom is -0.328 e. The van der Waals surface area contributed by atoms with Gasteiger partial charge < -0.3 is 9.80 Å². The third-order valence-corrected chi connectivity index (χ3v) is 6.48. The van der Waals surface area contributed by atoms with Crippen LogP contribution in [0.4, 0.5) is 18.2 Å². The monoisotopic (exact) mass is 441 g/mol. The van der Waals surface area contributed by atoms with Gasteiger partial charge in [-0.15, -0.1) is 11.3 Å². The van der Waals surface area contributed by atoms with E-state index in [4.69, 9.17) is 0 Å². The minimum atomic E-state index is -4.22. The lowest BCUT2D eigenvalue weighted by molar-refractivity contribution is -0.132. The second kappa shape index (κ2) is 9.16. The van der Waals surface area contributed by atoms with E-state index in [-0.39, 0.29) is 12.0 Å². The Hall–Kier alpha value is -1.76. The van der Waals surface area contributed by atoms with Crippen molar-refractivity contribution < 1.29 is 13.2 Å². The zero-order valence-electron chi connectivity index (χ0n) is 19.0. The zero-order valence-corrected chi connectivity index (χ0v) is 19.8. The van der Waals surface area contributed by atoms with E-state index < -0.39 is 12.6 Å². The summed E-state index contributed by atoms with van der Waals surface area (Å²) in [6, 6.07) is 0. The summed E-state index contributed by atoms with van der Waals surface area (Å²) in [6.45, 7) is 22.2. The molecule has 0 radical (unpaired) electrons. The van der Waals surface area contributed by atoms with Gasteiger partial charge in [-0.2, -0.15) is 13.2 Å². The van der Waals surface area contributed by atoms with Crippen LogP contribution in [0.3, 0.4) is 0 Å². The normalized spacial score (nSPS) is 16.6. The molecule has 0 aliphatic carbocycles. The second-order valence-electron chi connectivity index (χ2n) is 9.31. The average Bonchev–Trinajstić information content (AvgIpc) is 2.93. The number of aliphatic imine (C=N–C) groups is 1. The predicted octanol–water partition coefficient (Wildman–Crippen LogP) is 7.08. The van der Waals surface area contributed by atoms with E-state index >= 15 is 0 Å². The van der Waals surface area contributed by atoms with Crippen LogP contribution in [0.2, 0.25) is 0 Å². The Morgan fingerprint density at radius 2 is 1.80 bits per heavy atom. The summed E-state index contributed by atoms with van der Waals surface area (Å²) in [4.78, 5) is 9.21. The number of anilines is 1. The van der Waals surface area contributed by atoms with Crippen LogP contribution in [0.1, 0.15) is 63.5 Å². The van der Waals surface area contributed by atoms with Crippen molar-refractivity contribution in [1.29, 1.82) is 0 Å². The van der Waals surface area contributed by atoms with Gasteiger partial charge in [-0.05, 0) is 23.8 Å². The molecule has 1 aromatic heterocycles. The number of fused-ring (bicyclic) bond motifs is 1. The largest absolute Gasteiger partial charge is 0.390 e. The fourth-order valence-corrected chi connectivity index (χ4v) is 4.52. The van der Waals surface area contributed by atoms with Crippen molar-refractivity contribution in [3.05, 3.63) is 35.0 Å². The third kappa shape index (κ3) is 5.90. The Balaban J connectivity index is 2.46. The summed E-state index contributed by atoms with van der Waals surface area (Å²) in [6.07, 6.45) is -2.29. The molecule has 0 amide bonds. The van der Waals surface area contributed by atoms with E-state index in [0.717, 1.165) is 33.1 Å². The van der Waals surface area contributed by atoms with Gasteiger partial charge in [0, 0.05) is 37.1 Å². The molecule has 1 aliphatic heterocycles. The van der Waals surface area contributed by atoms with Crippen LogP contribution in [0.5, 0.6) is 0 Å². The molecule has 1 atom stereocenters. The molecular formula is C23H34F3N3S. The van der Waals surface area contributed by atoms with Gasteiger partial charge in [0.2, 0.25) is 0 Å². The summed E-state index contributed by atoms with van der Waals surface area (Å²) in [7, 11) is 0. The molecule has 2 heterocycles. The second-order valence-corrected chi connectivity index (χ2v) is 10.3. The molecule has 0 saturated heterocycles. The Bertz CT molecular complexity index is 815. The summed E-state index contributed by atoms with van der Waals surface area (Å²) in [5.41, 5.74) is 2.81. The lowest BCUT2D eigenvalue weighted by Gasteiger charge is -2.42. The van der Waals surface area contributed by atoms with Crippen LogP contribution < -0.4 is 4.90 Å². The molecule has 0 fully saturated rings. The van der Waals surface area contributed by atoms with Gasteiger partial charge >= 0.3 is 6.18 Å². The van der Waals surface area contributed by atoms with Crippen molar-refractivity contribution in [2.75, 3.05) is 24.5 Å². The lowest BCUT2D eigenvalue weighted by Crippen LogP contribution is -2.41. The van der Waals surface area contributed by atoms with E-state index in [1.807, 2.05) is 18.0 Å². The molecule has 168 valence electrons. The highest BCUT2D eigenvalue weighted by molar-refractivity contribution is 7.18. The first kappa shape index (κ1) is 24.5. The maximum absolute atomic E-state index is 13.0. The standard InChI is InChI=1S/C23H34F3N3S/c1-9-15(2)13-29-17(4)20-16(3)19(12-27-14-22(6,7)8)30-21(20)28(18(29)5)11-10-23(24,25)26/h12,15H,4-5,9-11,13-14H2,1-3,6-8H3. The Morgan fingerprint density at radius 3 is 2.33 bits per heavy atom. The van der Waals surface area contributed by atoms with Gasteiger partial charge in [-0.25, -0.2) is 0 Å². The highest BCUT2D eigenvalue weighted by Crippen LogP contribution is 2.47. The molecule has 1 unspecified atom stereocenters. The topological polar surface area (TPSA) is 18.8 Å². The first-order valence-corrected chi connectivity index (χ1v) is 11.2. The summed E-state index contributed by atoms with van der Waals surface area (Å²) < 4.78 is 39.0. The fraction of sp³-hybridized carbons (Fsp3) is 0.609. The van der Waals surface area contributed by atoms with Crippen LogP contribution in [0.25, 0.3) is 5.70 Å². The van der Waals surface area contributed by atoms with Crippen LogP contribution in [-0.2, 0) is 0 Å². The van der Waals surface area contributed by atoms with Gasteiger partial charge in [-0.3, -0.25) is 4.99 Å². The summed E-state index contributed by atoms with van der Waals surface area (Å²) in [5, 5.41) is 0.782. The van der Waals surface area contributed by atoms with Crippen molar-refractivity contribution in [2.24, 2.45) is 16.3 Å². The van der Waals surface area contributed by atoms with Crippen molar-refractivity contribution in [3.63, 3.8) is 0 Å². The molecule has 1 aromatic rings. The van der Waals surface area contributed by atoms with Crippen LogP contribution in [-0.4, -0.2) is 36.9 Å². The molecule has 0 spiro atoms. The molecule has 7 heteroatoms. The van der Waals surface area contributed by atoms with E-state index in [1.165, 1.54) is 11.3 Å². The van der Waals surface area contributed by atoms with Crippen molar-refractivity contribution in [1.82, 2.24) is 4.90 Å². The minimum absolute atomic E-state index is 0.0744. The Morgan fingerprint density at radius 1 is 1.17 bits per heavy atom. The number of thiophene rings is 1. The fourth-order valence-electron chi connectivity index (χ4n) is 3.25. The molecule has 30 heavy (non-hydrogen) atoms. The van der Waals surface area contributed by atoms with Gasteiger partial charge in [0.15, 0.2) is 0 Å². The third-order valence-electron chi connectivity index (χ3n) is 5.23. The predicted molar refractivity (Wildman–Crippen MR) is 123 cm³/mol. The zero-order chi connectivity index (χ0) is 22.9. The molecule has 0 N–H and O–H groups in total. The number of alkyl halides is 3. The van der Waals surface area contributed by atoms with E-state index in [1.54, 1.807) is 4.90 Å². The van der Waals surface area contributed by atoms with E-state index in [0.29, 0.717) is 24.8 Å². The Labute approximate surface area is 183 Å². The number of hydrogen-bond acceptors (Lipinski definition) is 4. The summed E-state index contributed by atoms with van der Waals surface area (Å²) >= 11 is 1.47. The molecule has 3 nitrogen and oxygen atoms in total. The molecular weight excluding hydrogens is 407 g/mol. The van der Waals surface area contributed by atoms with Gasteiger partial charge in [0.25, 0.3) is 0 Å². The van der Waals surface area contributed by atoms with Gasteiger partial charge in [-0.1, -0.05) is 54.2 Å². The van der Waals surface area contributed by atoms with Crippen molar-refractivity contribution in [3.8, 4) is 0 Å². The quantitative estimate of drug-likeness (QED) is 0.421. The molecule has 2 rings (SSSR count). The number of nitrogens with zero attached hydrogens (tertiary/aromatic N) is 3. The average molecular weight is 442 g/mol. The number of hydrogen-bond donors (Lipinski definition) is 0. The first-order chi connectivity index (χ1) is 13.7. The molecule has 1 aliphatic rings. The SMILES string of the molecule is C=C1c2c(sc(C=NCC(C)(C)C)c2C)N(CCC(F)(F)F)C(=C)N1CC(C)CC. The maximum atomic E-state index is 13.0. The van der Waals surface area contributed by atoms with Gasteiger partial charge in [0.1, 0.15) is 10.8 Å². The van der Waals surface area contributed by atoms with Crippen LogP contribution in [0, 0.1) is 18.3 Å². The van der Waals surface area contributed by atoms with E-state index in [2.05, 4.69) is 52.8 Å². The smallest absolute Gasteiger partial charge is 0.328 e. The lowest BCUT2D eigenvalue weighted by atomic mass is 9.97. The van der Waals surface area contributed by atoms with Crippen molar-refractivity contribution >= 4 is 28.2 Å². The maximum Gasteiger partial charge on any atom is 0.390 e. The van der Waals surface area contributed by atoms with Crippen molar-refractivity contribution in [2.45, 2.75) is 60.6 Å². The van der Waals surface area contributed by atoms with Crippen LogP contribution in [0.15, 0.2) is 24.0 Å². The first-order valence-electron chi connectivity index (χ1n) is 10.4. The van der Waals surface area contributed by atoms with Gasteiger partial charge in [0.05, 0.1) is 11.3 Å². The molecule has 0 bridgehead atoms. The molecule has 0 saturated carbocycles.